The molecule has 0 saturated heterocycles. The Hall–Kier alpha value is -3.41. The second kappa shape index (κ2) is 11.8. The molecule has 168 valence electrons. The molecule has 0 saturated carbocycles. The van der Waals surface area contributed by atoms with Crippen LogP contribution in [0.15, 0.2) is 61.1 Å². The van der Waals surface area contributed by atoms with Gasteiger partial charge in [-0.2, -0.15) is 0 Å². The third-order valence-electron chi connectivity index (χ3n) is 5.08. The number of carbonyl (C=O) groups excluding carboxylic acids is 1. The Morgan fingerprint density at radius 1 is 1.00 bits per heavy atom. The van der Waals surface area contributed by atoms with Crippen molar-refractivity contribution >= 4 is 5.97 Å². The molecule has 0 amide bonds. The molecule has 0 bridgehead atoms. The lowest BCUT2D eigenvalue weighted by Crippen LogP contribution is -2.10. The van der Waals surface area contributed by atoms with Crippen LogP contribution in [-0.4, -0.2) is 29.2 Å². The Morgan fingerprint density at radius 3 is 2.47 bits per heavy atom. The first-order valence-corrected chi connectivity index (χ1v) is 11.1. The van der Waals surface area contributed by atoms with E-state index in [2.05, 4.69) is 30.7 Å². The van der Waals surface area contributed by atoms with Crippen LogP contribution in [0.5, 0.6) is 17.2 Å². The molecule has 1 atom stereocenters. The molecule has 1 heterocycles. The van der Waals surface area contributed by atoms with E-state index in [4.69, 9.17) is 14.2 Å². The molecule has 32 heavy (non-hydrogen) atoms. The minimum Gasteiger partial charge on any atom is -0.494 e. The third kappa shape index (κ3) is 6.54. The van der Waals surface area contributed by atoms with Crippen molar-refractivity contribution < 1.29 is 19.0 Å². The highest BCUT2D eigenvalue weighted by Crippen LogP contribution is 2.33. The second-order valence-corrected chi connectivity index (χ2v) is 7.69. The number of nitrogens with zero attached hydrogens (tertiary/aromatic N) is 2. The molecule has 0 aliphatic heterocycles. The van der Waals surface area contributed by atoms with Gasteiger partial charge in [-0.1, -0.05) is 33.6 Å². The molecular weight excluding hydrogens is 404 g/mol. The number of benzene rings is 2. The van der Waals surface area contributed by atoms with Crippen LogP contribution in [0.1, 0.15) is 50.4 Å². The Labute approximate surface area is 189 Å². The minimum atomic E-state index is -0.455. The zero-order valence-electron chi connectivity index (χ0n) is 18.9. The lowest BCUT2D eigenvalue weighted by atomic mass is 10.1. The van der Waals surface area contributed by atoms with Crippen molar-refractivity contribution in [3.63, 3.8) is 0 Å². The van der Waals surface area contributed by atoms with Crippen molar-refractivity contribution in [3.8, 4) is 28.5 Å². The molecule has 0 N–H and O–H groups in total. The van der Waals surface area contributed by atoms with Crippen LogP contribution in [-0.2, 0) is 0 Å². The van der Waals surface area contributed by atoms with E-state index in [0.29, 0.717) is 47.5 Å². The average Bonchev–Trinajstić information content (AvgIpc) is 2.84. The molecule has 0 aliphatic carbocycles. The Morgan fingerprint density at radius 2 is 1.78 bits per heavy atom. The summed E-state index contributed by atoms with van der Waals surface area (Å²) < 4.78 is 17.3. The van der Waals surface area contributed by atoms with E-state index < -0.39 is 5.97 Å². The summed E-state index contributed by atoms with van der Waals surface area (Å²) in [5.41, 5.74) is 1.69. The van der Waals surface area contributed by atoms with Gasteiger partial charge in [0.25, 0.3) is 0 Å². The fraction of sp³-hybridized carbons (Fsp3) is 0.346. The second-order valence-electron chi connectivity index (χ2n) is 7.69. The van der Waals surface area contributed by atoms with Crippen molar-refractivity contribution in [3.05, 3.63) is 66.6 Å². The maximum Gasteiger partial charge on any atom is 0.343 e. The molecule has 0 radical (unpaired) electrons. The van der Waals surface area contributed by atoms with Gasteiger partial charge in [0.15, 0.2) is 0 Å². The Bertz CT molecular complexity index is 990. The van der Waals surface area contributed by atoms with Crippen LogP contribution in [0.2, 0.25) is 0 Å². The number of aromatic nitrogens is 2. The van der Waals surface area contributed by atoms with E-state index in [1.807, 2.05) is 6.07 Å². The first kappa shape index (κ1) is 23.3. The van der Waals surface area contributed by atoms with Gasteiger partial charge in [-0.25, -0.2) is 4.79 Å². The molecule has 6 heteroatoms. The molecule has 2 aromatic carbocycles. The summed E-state index contributed by atoms with van der Waals surface area (Å²) in [6, 6.07) is 12.3. The zero-order valence-corrected chi connectivity index (χ0v) is 18.9. The van der Waals surface area contributed by atoms with Gasteiger partial charge < -0.3 is 14.2 Å². The predicted octanol–water partition coefficient (Wildman–Crippen LogP) is 5.97. The van der Waals surface area contributed by atoms with E-state index in [1.165, 1.54) is 0 Å². The van der Waals surface area contributed by atoms with Crippen molar-refractivity contribution in [2.75, 3.05) is 13.2 Å². The van der Waals surface area contributed by atoms with Crippen LogP contribution >= 0.6 is 0 Å². The largest absolute Gasteiger partial charge is 0.494 e. The molecule has 1 aromatic heterocycles. The van der Waals surface area contributed by atoms with E-state index >= 15 is 0 Å². The molecule has 0 aliphatic rings. The number of unbranched alkanes of at least 4 members (excludes halogenated alkanes) is 1. The standard InChI is InChI=1S/C26H30N2O4/c1-4-6-15-30-21-9-7-20(8-10-21)26(29)32-25-12-11-22(31-18-19(3)5-2)16-23(25)24-17-27-13-14-28-24/h7-14,16-17,19H,4-6,15,18H2,1-3H3. The van der Waals surface area contributed by atoms with Crippen LogP contribution in [0, 0.1) is 5.92 Å². The molecule has 3 aromatic rings. The lowest BCUT2D eigenvalue weighted by molar-refractivity contribution is 0.0735. The fourth-order valence-corrected chi connectivity index (χ4v) is 2.86. The van der Waals surface area contributed by atoms with Crippen LogP contribution < -0.4 is 14.2 Å². The molecule has 1 unspecified atom stereocenters. The number of ether oxygens (including phenoxy) is 3. The van der Waals surface area contributed by atoms with Crippen molar-refractivity contribution in [2.24, 2.45) is 5.92 Å². The molecule has 0 fully saturated rings. The first-order chi connectivity index (χ1) is 15.6. The lowest BCUT2D eigenvalue weighted by Gasteiger charge is -2.14. The van der Waals surface area contributed by atoms with E-state index in [0.717, 1.165) is 25.0 Å². The minimum absolute atomic E-state index is 0.398. The predicted molar refractivity (Wildman–Crippen MR) is 124 cm³/mol. The maximum absolute atomic E-state index is 12.8. The van der Waals surface area contributed by atoms with Gasteiger partial charge in [-0.05, 0) is 54.8 Å². The number of esters is 1. The summed E-state index contributed by atoms with van der Waals surface area (Å²) in [7, 11) is 0. The number of hydrogen-bond acceptors (Lipinski definition) is 6. The van der Waals surface area contributed by atoms with Crippen LogP contribution in [0.3, 0.4) is 0 Å². The van der Waals surface area contributed by atoms with Gasteiger partial charge in [0.05, 0.1) is 30.7 Å². The van der Waals surface area contributed by atoms with Gasteiger partial charge in [0.1, 0.15) is 17.2 Å². The summed E-state index contributed by atoms with van der Waals surface area (Å²) in [6.45, 7) is 7.66. The van der Waals surface area contributed by atoms with Crippen molar-refractivity contribution in [1.82, 2.24) is 9.97 Å². The fourth-order valence-electron chi connectivity index (χ4n) is 2.86. The van der Waals surface area contributed by atoms with Gasteiger partial charge in [0, 0.05) is 18.0 Å². The molecule has 0 spiro atoms. The Balaban J connectivity index is 1.78. The summed E-state index contributed by atoms with van der Waals surface area (Å²) in [6.07, 6.45) is 7.93. The SMILES string of the molecule is CCCCOc1ccc(C(=O)Oc2ccc(OCC(C)CC)cc2-c2cnccn2)cc1. The normalized spacial score (nSPS) is 11.6. The van der Waals surface area contributed by atoms with E-state index in [9.17, 15) is 4.79 Å². The number of hydrogen-bond donors (Lipinski definition) is 0. The summed E-state index contributed by atoms with van der Waals surface area (Å²) in [4.78, 5) is 21.3. The highest BCUT2D eigenvalue weighted by atomic mass is 16.5. The summed E-state index contributed by atoms with van der Waals surface area (Å²) in [5, 5.41) is 0. The molecule has 3 rings (SSSR count). The van der Waals surface area contributed by atoms with Crippen LogP contribution in [0.25, 0.3) is 11.3 Å². The van der Waals surface area contributed by atoms with E-state index in [1.54, 1.807) is 55.0 Å². The zero-order chi connectivity index (χ0) is 22.8. The maximum atomic E-state index is 12.8. The van der Waals surface area contributed by atoms with Gasteiger partial charge in [-0.15, -0.1) is 0 Å². The first-order valence-electron chi connectivity index (χ1n) is 11.1. The summed E-state index contributed by atoms with van der Waals surface area (Å²) >= 11 is 0. The highest BCUT2D eigenvalue weighted by molar-refractivity contribution is 5.92. The topological polar surface area (TPSA) is 70.5 Å². The quantitative estimate of drug-likeness (QED) is 0.210. The number of rotatable bonds is 11. The third-order valence-corrected chi connectivity index (χ3v) is 5.08. The van der Waals surface area contributed by atoms with Gasteiger partial charge >= 0.3 is 5.97 Å². The molecular formula is C26H30N2O4. The monoisotopic (exact) mass is 434 g/mol. The van der Waals surface area contributed by atoms with Crippen LogP contribution in [0.4, 0.5) is 0 Å². The van der Waals surface area contributed by atoms with Gasteiger partial charge in [-0.3, -0.25) is 9.97 Å². The van der Waals surface area contributed by atoms with Crippen molar-refractivity contribution in [2.45, 2.75) is 40.0 Å². The van der Waals surface area contributed by atoms with E-state index in [-0.39, 0.29) is 0 Å². The number of carbonyl (C=O) groups is 1. The Kier molecular flexibility index (Phi) is 8.61. The molecule has 6 nitrogen and oxygen atoms in total. The summed E-state index contributed by atoms with van der Waals surface area (Å²) in [5.74, 6) is 1.82. The average molecular weight is 435 g/mol. The highest BCUT2D eigenvalue weighted by Gasteiger charge is 2.16. The van der Waals surface area contributed by atoms with Gasteiger partial charge in [0.2, 0.25) is 0 Å². The smallest absolute Gasteiger partial charge is 0.343 e. The van der Waals surface area contributed by atoms with Crippen molar-refractivity contribution in [1.29, 1.82) is 0 Å².